The van der Waals surface area contributed by atoms with Crippen molar-refractivity contribution in [1.29, 1.82) is 0 Å². The molecule has 0 bridgehead atoms. The number of aryl methyl sites for hydroxylation is 1. The van der Waals surface area contributed by atoms with E-state index < -0.39 is 6.10 Å². The van der Waals surface area contributed by atoms with Crippen molar-refractivity contribution in [2.24, 2.45) is 0 Å². The Bertz CT molecular complexity index is 703. The van der Waals surface area contributed by atoms with Crippen LogP contribution in [0.25, 0.3) is 10.9 Å². The standard InChI is InChI=1S/C16H15NO2/c1-2-13-6-8-15(19-13)16(18)12-5-7-14-11(10-12)4-3-9-17-14/h3-10,16,18H,2H2,1H3. The Labute approximate surface area is 111 Å². The SMILES string of the molecule is CCc1ccc(C(O)c2ccc3ncccc3c2)o1. The number of aliphatic hydroxyl groups is 1. The molecule has 0 spiro atoms. The van der Waals surface area contributed by atoms with Gasteiger partial charge < -0.3 is 9.52 Å². The summed E-state index contributed by atoms with van der Waals surface area (Å²) in [5.74, 6) is 1.47. The molecule has 0 radical (unpaired) electrons. The Morgan fingerprint density at radius 1 is 1.21 bits per heavy atom. The molecule has 0 aliphatic carbocycles. The zero-order valence-electron chi connectivity index (χ0n) is 10.7. The summed E-state index contributed by atoms with van der Waals surface area (Å²) >= 11 is 0. The minimum absolute atomic E-state index is 0.583. The van der Waals surface area contributed by atoms with Crippen LogP contribution in [-0.2, 0) is 6.42 Å². The quantitative estimate of drug-likeness (QED) is 0.777. The first-order valence-electron chi connectivity index (χ1n) is 6.39. The van der Waals surface area contributed by atoms with E-state index in [2.05, 4.69) is 4.98 Å². The predicted octanol–water partition coefficient (Wildman–Crippen LogP) is 3.47. The van der Waals surface area contributed by atoms with Crippen LogP contribution >= 0.6 is 0 Å². The maximum absolute atomic E-state index is 10.3. The second-order valence-corrected chi connectivity index (χ2v) is 4.52. The van der Waals surface area contributed by atoms with Gasteiger partial charge in [-0.25, -0.2) is 0 Å². The summed E-state index contributed by atoms with van der Waals surface area (Å²) in [5.41, 5.74) is 1.74. The van der Waals surface area contributed by atoms with Crippen LogP contribution in [0.2, 0.25) is 0 Å². The van der Waals surface area contributed by atoms with Crippen LogP contribution in [0.1, 0.15) is 30.1 Å². The lowest BCUT2D eigenvalue weighted by Crippen LogP contribution is -1.98. The van der Waals surface area contributed by atoms with Crippen LogP contribution in [-0.4, -0.2) is 10.1 Å². The zero-order chi connectivity index (χ0) is 13.2. The molecule has 2 aromatic heterocycles. The molecule has 3 nitrogen and oxygen atoms in total. The molecule has 1 N–H and O–H groups in total. The van der Waals surface area contributed by atoms with E-state index in [4.69, 9.17) is 4.42 Å². The zero-order valence-corrected chi connectivity index (χ0v) is 10.7. The van der Waals surface area contributed by atoms with Gasteiger partial charge in [-0.15, -0.1) is 0 Å². The first-order chi connectivity index (χ1) is 9.28. The molecule has 0 aliphatic rings. The number of hydrogen-bond donors (Lipinski definition) is 1. The van der Waals surface area contributed by atoms with Gasteiger partial charge in [0.1, 0.15) is 17.6 Å². The third-order valence-electron chi connectivity index (χ3n) is 3.24. The number of aliphatic hydroxyl groups excluding tert-OH is 1. The van der Waals surface area contributed by atoms with Crippen molar-refractivity contribution in [2.75, 3.05) is 0 Å². The molecule has 0 saturated heterocycles. The summed E-state index contributed by atoms with van der Waals surface area (Å²) in [6.45, 7) is 2.02. The van der Waals surface area contributed by atoms with Gasteiger partial charge in [0.15, 0.2) is 0 Å². The summed E-state index contributed by atoms with van der Waals surface area (Å²) in [6.07, 6.45) is 1.86. The van der Waals surface area contributed by atoms with E-state index in [0.29, 0.717) is 5.76 Å². The molecule has 0 saturated carbocycles. The fourth-order valence-corrected chi connectivity index (χ4v) is 2.16. The summed E-state index contributed by atoms with van der Waals surface area (Å²) in [5, 5.41) is 11.4. The van der Waals surface area contributed by atoms with Crippen LogP contribution < -0.4 is 0 Å². The highest BCUT2D eigenvalue weighted by molar-refractivity contribution is 5.79. The molecule has 96 valence electrons. The Morgan fingerprint density at radius 2 is 2.11 bits per heavy atom. The van der Waals surface area contributed by atoms with Crippen molar-refractivity contribution >= 4 is 10.9 Å². The summed E-state index contributed by atoms with van der Waals surface area (Å²) < 4.78 is 5.60. The van der Waals surface area contributed by atoms with Crippen molar-refractivity contribution in [3.05, 3.63) is 65.7 Å². The van der Waals surface area contributed by atoms with Crippen LogP contribution in [0, 0.1) is 0 Å². The average molecular weight is 253 g/mol. The highest BCUT2D eigenvalue weighted by Gasteiger charge is 2.14. The molecule has 2 heterocycles. The van der Waals surface area contributed by atoms with Gasteiger partial charge >= 0.3 is 0 Å². The highest BCUT2D eigenvalue weighted by Crippen LogP contribution is 2.26. The van der Waals surface area contributed by atoms with Gasteiger partial charge in [-0.3, -0.25) is 4.98 Å². The van der Waals surface area contributed by atoms with Crippen LogP contribution in [0.3, 0.4) is 0 Å². The van der Waals surface area contributed by atoms with Gasteiger partial charge in [-0.05, 0) is 35.9 Å². The number of pyridine rings is 1. The van der Waals surface area contributed by atoms with E-state index in [9.17, 15) is 5.11 Å². The van der Waals surface area contributed by atoms with Crippen molar-refractivity contribution in [1.82, 2.24) is 4.98 Å². The normalized spacial score (nSPS) is 12.7. The van der Waals surface area contributed by atoms with Crippen molar-refractivity contribution in [3.63, 3.8) is 0 Å². The van der Waals surface area contributed by atoms with E-state index in [1.165, 1.54) is 0 Å². The molecular formula is C16H15NO2. The number of benzene rings is 1. The number of nitrogens with zero attached hydrogens (tertiary/aromatic N) is 1. The number of hydrogen-bond acceptors (Lipinski definition) is 3. The van der Waals surface area contributed by atoms with Crippen LogP contribution in [0.5, 0.6) is 0 Å². The van der Waals surface area contributed by atoms with Crippen molar-refractivity contribution in [2.45, 2.75) is 19.4 Å². The second kappa shape index (κ2) is 4.86. The van der Waals surface area contributed by atoms with Gasteiger partial charge in [0.2, 0.25) is 0 Å². The van der Waals surface area contributed by atoms with E-state index in [1.807, 2.05) is 49.4 Å². The van der Waals surface area contributed by atoms with Crippen LogP contribution in [0.4, 0.5) is 0 Å². The lowest BCUT2D eigenvalue weighted by atomic mass is 10.0. The molecule has 0 amide bonds. The highest BCUT2D eigenvalue weighted by atomic mass is 16.4. The maximum atomic E-state index is 10.3. The average Bonchev–Trinajstić information content (AvgIpc) is 2.95. The van der Waals surface area contributed by atoms with E-state index in [0.717, 1.165) is 28.6 Å². The molecule has 1 unspecified atom stereocenters. The van der Waals surface area contributed by atoms with E-state index >= 15 is 0 Å². The topological polar surface area (TPSA) is 46.3 Å². The second-order valence-electron chi connectivity index (χ2n) is 4.52. The molecule has 0 fully saturated rings. The Morgan fingerprint density at radius 3 is 2.89 bits per heavy atom. The first-order valence-corrected chi connectivity index (χ1v) is 6.39. The molecule has 3 aromatic rings. The Hall–Kier alpha value is -2.13. The number of fused-ring (bicyclic) bond motifs is 1. The third-order valence-corrected chi connectivity index (χ3v) is 3.24. The van der Waals surface area contributed by atoms with Gasteiger partial charge in [0.05, 0.1) is 5.52 Å². The third kappa shape index (κ3) is 2.25. The molecule has 3 rings (SSSR count). The first kappa shape index (κ1) is 11.9. The maximum Gasteiger partial charge on any atom is 0.137 e. The van der Waals surface area contributed by atoms with Crippen molar-refractivity contribution in [3.8, 4) is 0 Å². The van der Waals surface area contributed by atoms with Crippen LogP contribution in [0.15, 0.2) is 53.1 Å². The van der Waals surface area contributed by atoms with Gasteiger partial charge in [0, 0.05) is 18.0 Å². The summed E-state index contributed by atoms with van der Waals surface area (Å²) in [4.78, 5) is 4.27. The Balaban J connectivity index is 1.98. The lowest BCUT2D eigenvalue weighted by molar-refractivity contribution is 0.187. The molecule has 3 heteroatoms. The molecule has 1 aromatic carbocycles. The summed E-state index contributed by atoms with van der Waals surface area (Å²) in [7, 11) is 0. The molecule has 19 heavy (non-hydrogen) atoms. The monoisotopic (exact) mass is 253 g/mol. The molecule has 0 aliphatic heterocycles. The van der Waals surface area contributed by atoms with Crippen molar-refractivity contribution < 1.29 is 9.52 Å². The number of rotatable bonds is 3. The predicted molar refractivity (Wildman–Crippen MR) is 73.9 cm³/mol. The smallest absolute Gasteiger partial charge is 0.137 e. The van der Waals surface area contributed by atoms with E-state index in [1.54, 1.807) is 6.20 Å². The molecule has 1 atom stereocenters. The van der Waals surface area contributed by atoms with Gasteiger partial charge in [-0.2, -0.15) is 0 Å². The molecular weight excluding hydrogens is 238 g/mol. The fourth-order valence-electron chi connectivity index (χ4n) is 2.16. The van der Waals surface area contributed by atoms with Gasteiger partial charge in [0.25, 0.3) is 0 Å². The summed E-state index contributed by atoms with van der Waals surface area (Å²) in [6, 6.07) is 13.4. The minimum atomic E-state index is -0.732. The van der Waals surface area contributed by atoms with E-state index in [-0.39, 0.29) is 0 Å². The lowest BCUT2D eigenvalue weighted by Gasteiger charge is -2.09. The minimum Gasteiger partial charge on any atom is -0.463 e. The number of aromatic nitrogens is 1. The van der Waals surface area contributed by atoms with Gasteiger partial charge in [-0.1, -0.05) is 19.1 Å². The largest absolute Gasteiger partial charge is 0.463 e. The fraction of sp³-hybridized carbons (Fsp3) is 0.188. The Kier molecular flexibility index (Phi) is 3.05. The number of furan rings is 1.